The summed E-state index contributed by atoms with van der Waals surface area (Å²) in [5.41, 5.74) is 1.08. The lowest BCUT2D eigenvalue weighted by Gasteiger charge is -1.89. The van der Waals surface area contributed by atoms with Gasteiger partial charge in [-0.25, -0.2) is 0 Å². The van der Waals surface area contributed by atoms with E-state index in [-0.39, 0.29) is 0 Å². The zero-order valence-corrected chi connectivity index (χ0v) is 8.90. The van der Waals surface area contributed by atoms with Gasteiger partial charge in [0.15, 0.2) is 0 Å². The summed E-state index contributed by atoms with van der Waals surface area (Å²) in [7, 11) is 0. The van der Waals surface area contributed by atoms with Crippen molar-refractivity contribution in [3.63, 3.8) is 0 Å². The SMILES string of the molecule is CCOCC.O=CCc1ccccc1. The maximum atomic E-state index is 9.97. The summed E-state index contributed by atoms with van der Waals surface area (Å²) in [6.07, 6.45) is 1.44. The third kappa shape index (κ3) is 7.50. The molecular weight excluding hydrogens is 176 g/mol. The molecule has 1 aromatic rings. The quantitative estimate of drug-likeness (QED) is 0.688. The molecule has 1 aromatic carbocycles. The van der Waals surface area contributed by atoms with E-state index in [0.717, 1.165) is 25.1 Å². The molecule has 0 heterocycles. The Balaban J connectivity index is 0.000000292. The van der Waals surface area contributed by atoms with Crippen LogP contribution in [0.2, 0.25) is 0 Å². The average molecular weight is 194 g/mol. The van der Waals surface area contributed by atoms with E-state index in [1.54, 1.807) is 0 Å². The van der Waals surface area contributed by atoms with Gasteiger partial charge in [-0.15, -0.1) is 0 Å². The Morgan fingerprint density at radius 1 is 1.14 bits per heavy atom. The standard InChI is InChI=1S/C8H8O.C4H10O/c9-7-6-8-4-2-1-3-5-8;1-3-5-4-2/h1-5,7H,6H2;3-4H2,1-2H3. The number of aldehydes is 1. The van der Waals surface area contributed by atoms with Gasteiger partial charge in [0.2, 0.25) is 0 Å². The molecule has 0 saturated heterocycles. The van der Waals surface area contributed by atoms with E-state index in [1.165, 1.54) is 0 Å². The third-order valence-electron chi connectivity index (χ3n) is 1.57. The molecule has 0 fully saturated rings. The Labute approximate surface area is 85.9 Å². The molecule has 78 valence electrons. The van der Waals surface area contributed by atoms with Gasteiger partial charge in [-0.3, -0.25) is 0 Å². The van der Waals surface area contributed by atoms with Crippen LogP contribution < -0.4 is 0 Å². The highest BCUT2D eigenvalue weighted by atomic mass is 16.5. The molecule has 0 aliphatic heterocycles. The third-order valence-corrected chi connectivity index (χ3v) is 1.57. The van der Waals surface area contributed by atoms with Crippen molar-refractivity contribution in [3.05, 3.63) is 35.9 Å². The van der Waals surface area contributed by atoms with Gasteiger partial charge >= 0.3 is 0 Å². The van der Waals surface area contributed by atoms with Crippen LogP contribution in [-0.2, 0) is 16.0 Å². The van der Waals surface area contributed by atoms with Gasteiger partial charge in [0, 0.05) is 19.6 Å². The molecule has 0 unspecified atom stereocenters. The first-order valence-electron chi connectivity index (χ1n) is 4.90. The van der Waals surface area contributed by atoms with Crippen molar-refractivity contribution >= 4 is 6.29 Å². The highest BCUT2D eigenvalue weighted by Gasteiger charge is 1.84. The Hall–Kier alpha value is -1.15. The molecule has 0 spiro atoms. The number of carbonyl (C=O) groups excluding carboxylic acids is 1. The topological polar surface area (TPSA) is 26.3 Å². The van der Waals surface area contributed by atoms with Crippen LogP contribution in [0.4, 0.5) is 0 Å². The van der Waals surface area contributed by atoms with Crippen LogP contribution in [0.25, 0.3) is 0 Å². The van der Waals surface area contributed by atoms with Crippen LogP contribution in [0.5, 0.6) is 0 Å². The fourth-order valence-corrected chi connectivity index (χ4v) is 0.914. The molecule has 0 radical (unpaired) electrons. The van der Waals surface area contributed by atoms with Crippen LogP contribution in [0, 0.1) is 0 Å². The van der Waals surface area contributed by atoms with Crippen LogP contribution in [0.15, 0.2) is 30.3 Å². The predicted octanol–water partition coefficient (Wildman–Crippen LogP) is 2.47. The molecule has 0 atom stereocenters. The minimum atomic E-state index is 0.529. The van der Waals surface area contributed by atoms with Gasteiger partial charge < -0.3 is 9.53 Å². The van der Waals surface area contributed by atoms with Crippen LogP contribution >= 0.6 is 0 Å². The largest absolute Gasteiger partial charge is 0.382 e. The van der Waals surface area contributed by atoms with E-state index in [0.29, 0.717) is 6.42 Å². The van der Waals surface area contributed by atoms with Crippen molar-refractivity contribution < 1.29 is 9.53 Å². The maximum absolute atomic E-state index is 9.97. The van der Waals surface area contributed by atoms with Gasteiger partial charge in [-0.05, 0) is 19.4 Å². The normalized spacial score (nSPS) is 8.71. The monoisotopic (exact) mass is 194 g/mol. The number of hydrogen-bond acceptors (Lipinski definition) is 2. The van der Waals surface area contributed by atoms with Crippen LogP contribution in [0.3, 0.4) is 0 Å². The molecule has 1 rings (SSSR count). The van der Waals surface area contributed by atoms with E-state index < -0.39 is 0 Å². The fraction of sp³-hybridized carbons (Fsp3) is 0.417. The van der Waals surface area contributed by atoms with Gasteiger partial charge in [-0.1, -0.05) is 30.3 Å². The first kappa shape index (κ1) is 12.8. The van der Waals surface area contributed by atoms with E-state index >= 15 is 0 Å². The highest BCUT2D eigenvalue weighted by Crippen LogP contribution is 1.96. The predicted molar refractivity (Wildman–Crippen MR) is 58.4 cm³/mol. The van der Waals surface area contributed by atoms with Crippen molar-refractivity contribution in [2.24, 2.45) is 0 Å². The van der Waals surface area contributed by atoms with Gasteiger partial charge in [0.1, 0.15) is 6.29 Å². The lowest BCUT2D eigenvalue weighted by molar-refractivity contribution is -0.107. The summed E-state index contributed by atoms with van der Waals surface area (Å²) >= 11 is 0. The number of rotatable bonds is 4. The summed E-state index contributed by atoms with van der Waals surface area (Å²) in [5.74, 6) is 0. The molecular formula is C12H18O2. The van der Waals surface area contributed by atoms with Gasteiger partial charge in [0.05, 0.1) is 0 Å². The van der Waals surface area contributed by atoms with E-state index in [9.17, 15) is 4.79 Å². The smallest absolute Gasteiger partial charge is 0.124 e. The van der Waals surface area contributed by atoms with Crippen LogP contribution in [-0.4, -0.2) is 19.5 Å². The molecule has 0 bridgehead atoms. The van der Waals surface area contributed by atoms with Gasteiger partial charge in [0.25, 0.3) is 0 Å². The number of carbonyl (C=O) groups is 1. The average Bonchev–Trinajstić information content (AvgIpc) is 2.22. The number of benzene rings is 1. The summed E-state index contributed by atoms with van der Waals surface area (Å²) < 4.78 is 4.83. The molecule has 0 saturated carbocycles. The van der Waals surface area contributed by atoms with Gasteiger partial charge in [-0.2, -0.15) is 0 Å². The molecule has 2 nitrogen and oxygen atoms in total. The van der Waals surface area contributed by atoms with Crippen molar-refractivity contribution in [2.75, 3.05) is 13.2 Å². The Bertz CT molecular complexity index is 217. The first-order valence-corrected chi connectivity index (χ1v) is 4.90. The van der Waals surface area contributed by atoms with Crippen molar-refractivity contribution in [1.82, 2.24) is 0 Å². The second-order valence-corrected chi connectivity index (χ2v) is 2.64. The zero-order chi connectivity index (χ0) is 10.6. The number of ether oxygens (including phenoxy) is 1. The molecule has 0 aliphatic rings. The number of hydrogen-bond donors (Lipinski definition) is 0. The molecule has 0 amide bonds. The first-order chi connectivity index (χ1) is 6.85. The van der Waals surface area contributed by atoms with E-state index in [1.807, 2.05) is 44.2 Å². The minimum Gasteiger partial charge on any atom is -0.382 e. The van der Waals surface area contributed by atoms with Crippen molar-refractivity contribution in [3.8, 4) is 0 Å². The second kappa shape index (κ2) is 9.93. The fourth-order valence-electron chi connectivity index (χ4n) is 0.914. The van der Waals surface area contributed by atoms with E-state index in [4.69, 9.17) is 4.74 Å². The van der Waals surface area contributed by atoms with E-state index in [2.05, 4.69) is 0 Å². The molecule has 14 heavy (non-hydrogen) atoms. The summed E-state index contributed by atoms with van der Waals surface area (Å²) in [5, 5.41) is 0. The van der Waals surface area contributed by atoms with Crippen molar-refractivity contribution in [1.29, 1.82) is 0 Å². The lowest BCUT2D eigenvalue weighted by atomic mass is 10.2. The molecule has 0 N–H and O–H groups in total. The Kier molecular flexibility index (Phi) is 9.12. The summed E-state index contributed by atoms with van der Waals surface area (Å²) in [6, 6.07) is 9.68. The van der Waals surface area contributed by atoms with Crippen LogP contribution in [0.1, 0.15) is 19.4 Å². The minimum absolute atomic E-state index is 0.529. The molecule has 0 aromatic heterocycles. The second-order valence-electron chi connectivity index (χ2n) is 2.64. The zero-order valence-electron chi connectivity index (χ0n) is 8.90. The summed E-state index contributed by atoms with van der Waals surface area (Å²) in [6.45, 7) is 5.67. The maximum Gasteiger partial charge on any atom is 0.124 e. The molecule has 2 heteroatoms. The Morgan fingerprint density at radius 3 is 2.07 bits per heavy atom. The summed E-state index contributed by atoms with van der Waals surface area (Å²) in [4.78, 5) is 9.97. The van der Waals surface area contributed by atoms with Crippen molar-refractivity contribution in [2.45, 2.75) is 20.3 Å². The highest BCUT2D eigenvalue weighted by molar-refractivity contribution is 5.54. The molecule has 0 aliphatic carbocycles. The Morgan fingerprint density at radius 2 is 1.71 bits per heavy atom. The lowest BCUT2D eigenvalue weighted by Crippen LogP contribution is -1.84.